The molecule has 0 aliphatic carbocycles. The van der Waals surface area contributed by atoms with E-state index in [0.717, 1.165) is 43.4 Å². The summed E-state index contributed by atoms with van der Waals surface area (Å²) >= 11 is 0. The third-order valence-corrected chi connectivity index (χ3v) is 4.26. The van der Waals surface area contributed by atoms with Gasteiger partial charge in [-0.05, 0) is 48.7 Å². The highest BCUT2D eigenvalue weighted by Crippen LogP contribution is 2.17. The van der Waals surface area contributed by atoms with Gasteiger partial charge in [0, 0.05) is 11.3 Å². The SMILES string of the molecule is CCCCCCOC(=O)c1ccc(C(=O)Nc2ccccc2CC)cc1. The molecule has 4 heteroatoms. The van der Waals surface area contributed by atoms with E-state index in [1.807, 2.05) is 31.2 Å². The lowest BCUT2D eigenvalue weighted by Gasteiger charge is -2.10. The van der Waals surface area contributed by atoms with E-state index in [4.69, 9.17) is 4.74 Å². The van der Waals surface area contributed by atoms with Gasteiger partial charge in [0.05, 0.1) is 12.2 Å². The lowest BCUT2D eigenvalue weighted by atomic mass is 10.1. The topological polar surface area (TPSA) is 55.4 Å². The molecule has 0 unspecified atom stereocenters. The molecule has 0 saturated heterocycles. The molecule has 1 N–H and O–H groups in total. The molecule has 2 rings (SSSR count). The molecule has 0 fully saturated rings. The number of hydrogen-bond donors (Lipinski definition) is 1. The molecule has 138 valence electrons. The Hall–Kier alpha value is -2.62. The van der Waals surface area contributed by atoms with Crippen LogP contribution in [-0.4, -0.2) is 18.5 Å². The fourth-order valence-corrected chi connectivity index (χ4v) is 2.68. The summed E-state index contributed by atoms with van der Waals surface area (Å²) in [5, 5.41) is 2.93. The molecule has 1 amide bonds. The monoisotopic (exact) mass is 353 g/mol. The van der Waals surface area contributed by atoms with Crippen LogP contribution in [0, 0.1) is 0 Å². The van der Waals surface area contributed by atoms with E-state index in [1.165, 1.54) is 0 Å². The Labute approximate surface area is 155 Å². The standard InChI is InChI=1S/C22H27NO3/c1-3-5-6-9-16-26-22(25)19-14-12-18(13-15-19)21(24)23-20-11-8-7-10-17(20)4-2/h7-8,10-15H,3-6,9,16H2,1-2H3,(H,23,24). The molecule has 0 heterocycles. The Bertz CT molecular complexity index is 722. The van der Waals surface area contributed by atoms with Crippen molar-refractivity contribution in [1.82, 2.24) is 0 Å². The molecular formula is C22H27NO3. The lowest BCUT2D eigenvalue weighted by molar-refractivity contribution is 0.0497. The van der Waals surface area contributed by atoms with E-state index in [-0.39, 0.29) is 11.9 Å². The summed E-state index contributed by atoms with van der Waals surface area (Å²) in [7, 11) is 0. The van der Waals surface area contributed by atoms with Crippen LogP contribution in [0.25, 0.3) is 0 Å². The van der Waals surface area contributed by atoms with Crippen LogP contribution in [0.5, 0.6) is 0 Å². The molecule has 0 aliphatic heterocycles. The zero-order chi connectivity index (χ0) is 18.8. The van der Waals surface area contributed by atoms with Crippen molar-refractivity contribution in [2.75, 3.05) is 11.9 Å². The van der Waals surface area contributed by atoms with Gasteiger partial charge in [-0.2, -0.15) is 0 Å². The number of aryl methyl sites for hydroxylation is 1. The van der Waals surface area contributed by atoms with Gasteiger partial charge in [0.2, 0.25) is 0 Å². The minimum absolute atomic E-state index is 0.189. The van der Waals surface area contributed by atoms with Gasteiger partial charge in [-0.15, -0.1) is 0 Å². The van der Waals surface area contributed by atoms with Gasteiger partial charge in [0.15, 0.2) is 0 Å². The van der Waals surface area contributed by atoms with Crippen LogP contribution in [0.2, 0.25) is 0 Å². The van der Waals surface area contributed by atoms with Crippen molar-refractivity contribution in [3.8, 4) is 0 Å². The first-order valence-corrected chi connectivity index (χ1v) is 9.32. The van der Waals surface area contributed by atoms with Crippen molar-refractivity contribution in [2.24, 2.45) is 0 Å². The maximum atomic E-state index is 12.4. The second-order valence-corrected chi connectivity index (χ2v) is 6.24. The zero-order valence-electron chi connectivity index (χ0n) is 15.6. The second kappa shape index (κ2) is 10.4. The van der Waals surface area contributed by atoms with E-state index in [9.17, 15) is 9.59 Å². The molecule has 0 radical (unpaired) electrons. The van der Waals surface area contributed by atoms with Crippen LogP contribution >= 0.6 is 0 Å². The van der Waals surface area contributed by atoms with E-state index in [2.05, 4.69) is 12.2 Å². The van der Waals surface area contributed by atoms with E-state index >= 15 is 0 Å². The number of para-hydroxylation sites is 1. The Balaban J connectivity index is 1.91. The van der Waals surface area contributed by atoms with Gasteiger partial charge < -0.3 is 10.1 Å². The van der Waals surface area contributed by atoms with Crippen LogP contribution in [0.4, 0.5) is 5.69 Å². The highest BCUT2D eigenvalue weighted by atomic mass is 16.5. The molecule has 2 aromatic rings. The molecule has 0 atom stereocenters. The molecule has 2 aromatic carbocycles. The fraction of sp³-hybridized carbons (Fsp3) is 0.364. The summed E-state index contributed by atoms with van der Waals surface area (Å²) < 4.78 is 5.26. The fourth-order valence-electron chi connectivity index (χ4n) is 2.68. The van der Waals surface area contributed by atoms with Crippen LogP contribution in [0.1, 0.15) is 65.8 Å². The number of esters is 1. The number of ether oxygens (including phenoxy) is 1. The van der Waals surface area contributed by atoms with Crippen LogP contribution in [0.3, 0.4) is 0 Å². The van der Waals surface area contributed by atoms with Gasteiger partial charge in [0.1, 0.15) is 0 Å². The average molecular weight is 353 g/mol. The first kappa shape index (κ1) is 19.7. The minimum atomic E-state index is -0.343. The van der Waals surface area contributed by atoms with Gasteiger partial charge in [0.25, 0.3) is 5.91 Å². The molecular weight excluding hydrogens is 326 g/mol. The predicted molar refractivity (Wildman–Crippen MR) is 105 cm³/mol. The van der Waals surface area contributed by atoms with Crippen LogP contribution < -0.4 is 5.32 Å². The van der Waals surface area contributed by atoms with Crippen molar-refractivity contribution in [1.29, 1.82) is 0 Å². The zero-order valence-corrected chi connectivity index (χ0v) is 15.6. The Morgan fingerprint density at radius 2 is 1.58 bits per heavy atom. The minimum Gasteiger partial charge on any atom is -0.462 e. The van der Waals surface area contributed by atoms with Crippen LogP contribution in [-0.2, 0) is 11.2 Å². The van der Waals surface area contributed by atoms with Gasteiger partial charge in [-0.1, -0.05) is 51.3 Å². The first-order chi connectivity index (χ1) is 12.7. The number of unbranched alkanes of at least 4 members (excludes halogenated alkanes) is 3. The van der Waals surface area contributed by atoms with Crippen molar-refractivity contribution in [3.05, 3.63) is 65.2 Å². The maximum Gasteiger partial charge on any atom is 0.338 e. The Morgan fingerprint density at radius 3 is 2.27 bits per heavy atom. The van der Waals surface area contributed by atoms with E-state index in [0.29, 0.717) is 17.7 Å². The summed E-state index contributed by atoms with van der Waals surface area (Å²) in [6.45, 7) is 4.63. The summed E-state index contributed by atoms with van der Waals surface area (Å²) in [5.41, 5.74) is 2.88. The van der Waals surface area contributed by atoms with Gasteiger partial charge in [-0.25, -0.2) is 4.79 Å². The van der Waals surface area contributed by atoms with Crippen molar-refractivity contribution in [2.45, 2.75) is 46.0 Å². The molecule has 0 spiro atoms. The van der Waals surface area contributed by atoms with Gasteiger partial charge in [-0.3, -0.25) is 4.79 Å². The van der Waals surface area contributed by atoms with Crippen molar-refractivity contribution < 1.29 is 14.3 Å². The van der Waals surface area contributed by atoms with E-state index < -0.39 is 0 Å². The number of benzene rings is 2. The second-order valence-electron chi connectivity index (χ2n) is 6.24. The summed E-state index contributed by atoms with van der Waals surface area (Å²) in [4.78, 5) is 24.4. The molecule has 0 saturated carbocycles. The van der Waals surface area contributed by atoms with Crippen molar-refractivity contribution in [3.63, 3.8) is 0 Å². The quantitative estimate of drug-likeness (QED) is 0.495. The van der Waals surface area contributed by atoms with Gasteiger partial charge >= 0.3 is 5.97 Å². The highest BCUT2D eigenvalue weighted by molar-refractivity contribution is 6.05. The molecule has 4 nitrogen and oxygen atoms in total. The van der Waals surface area contributed by atoms with Crippen LogP contribution in [0.15, 0.2) is 48.5 Å². The lowest BCUT2D eigenvalue weighted by Crippen LogP contribution is -2.13. The third-order valence-electron chi connectivity index (χ3n) is 4.26. The highest BCUT2D eigenvalue weighted by Gasteiger charge is 2.11. The molecule has 0 aliphatic rings. The number of anilines is 1. The number of rotatable bonds is 9. The number of nitrogens with one attached hydrogen (secondary N) is 1. The average Bonchev–Trinajstić information content (AvgIpc) is 2.68. The summed E-state index contributed by atoms with van der Waals surface area (Å²) in [6.07, 6.45) is 5.11. The van der Waals surface area contributed by atoms with Crippen molar-refractivity contribution >= 4 is 17.6 Å². The third kappa shape index (κ3) is 5.73. The molecule has 0 aromatic heterocycles. The normalized spacial score (nSPS) is 10.4. The first-order valence-electron chi connectivity index (χ1n) is 9.32. The maximum absolute atomic E-state index is 12.4. The smallest absolute Gasteiger partial charge is 0.338 e. The number of amides is 1. The largest absolute Gasteiger partial charge is 0.462 e. The number of hydrogen-bond acceptors (Lipinski definition) is 3. The predicted octanol–water partition coefficient (Wildman–Crippen LogP) is 5.24. The van der Waals surface area contributed by atoms with E-state index in [1.54, 1.807) is 24.3 Å². The summed E-state index contributed by atoms with van der Waals surface area (Å²) in [5.74, 6) is -0.532. The Kier molecular flexibility index (Phi) is 7.87. The molecule has 26 heavy (non-hydrogen) atoms. The summed E-state index contributed by atoms with van der Waals surface area (Å²) in [6, 6.07) is 14.3. The molecule has 0 bridgehead atoms. The number of carbonyl (C=O) groups excluding carboxylic acids is 2. The Morgan fingerprint density at radius 1 is 0.885 bits per heavy atom. The number of carbonyl (C=O) groups is 2.